The third-order valence-corrected chi connectivity index (χ3v) is 9.02. The molecular formula is C40H40N8O6. The Balaban J connectivity index is 1.12. The number of esters is 1. The van der Waals surface area contributed by atoms with Crippen molar-refractivity contribution in [1.82, 2.24) is 25.0 Å². The lowest BCUT2D eigenvalue weighted by molar-refractivity contribution is -0.129. The van der Waals surface area contributed by atoms with E-state index in [4.69, 9.17) is 4.74 Å². The number of hydrogen-bond acceptors (Lipinski definition) is 8. The molecule has 3 heterocycles. The highest BCUT2D eigenvalue weighted by molar-refractivity contribution is 6.35. The third kappa shape index (κ3) is 8.29. The van der Waals surface area contributed by atoms with Crippen molar-refractivity contribution < 1.29 is 28.7 Å². The molecule has 2 aromatic heterocycles. The van der Waals surface area contributed by atoms with Crippen LogP contribution in [0.2, 0.25) is 0 Å². The van der Waals surface area contributed by atoms with Crippen LogP contribution >= 0.6 is 0 Å². The maximum atomic E-state index is 13.1. The van der Waals surface area contributed by atoms with Crippen LogP contribution in [-0.2, 0) is 9.59 Å². The van der Waals surface area contributed by atoms with E-state index in [1.165, 1.54) is 12.3 Å². The Morgan fingerprint density at radius 2 is 1.69 bits per heavy atom. The molecule has 1 aliphatic rings. The first-order valence-electron chi connectivity index (χ1n) is 17.5. The molecule has 6 rings (SSSR count). The summed E-state index contributed by atoms with van der Waals surface area (Å²) in [5, 5.41) is 16.1. The quantitative estimate of drug-likeness (QED) is 0.0590. The number of aryl methyl sites for hydroxylation is 1. The number of amides is 4. The molecule has 276 valence electrons. The van der Waals surface area contributed by atoms with Crippen LogP contribution in [0.3, 0.4) is 0 Å². The lowest BCUT2D eigenvalue weighted by Gasteiger charge is -2.18. The number of carbonyl (C=O) groups excluding carboxylic acids is 5. The number of benzene rings is 3. The smallest absolute Gasteiger partial charge is 0.336 e. The van der Waals surface area contributed by atoms with Crippen LogP contribution in [-0.4, -0.2) is 75.6 Å². The zero-order valence-electron chi connectivity index (χ0n) is 30.3. The molecule has 5 N–H and O–H groups in total. The summed E-state index contributed by atoms with van der Waals surface area (Å²) >= 11 is 0. The van der Waals surface area contributed by atoms with Crippen LogP contribution < -0.4 is 26.0 Å². The fourth-order valence-electron chi connectivity index (χ4n) is 6.18. The van der Waals surface area contributed by atoms with Crippen molar-refractivity contribution in [2.24, 2.45) is 0 Å². The highest BCUT2D eigenvalue weighted by Crippen LogP contribution is 2.36. The van der Waals surface area contributed by atoms with Gasteiger partial charge in [-0.1, -0.05) is 32.0 Å². The molecule has 0 radical (unpaired) electrons. The first-order valence-corrected chi connectivity index (χ1v) is 17.5. The summed E-state index contributed by atoms with van der Waals surface area (Å²) in [6.45, 7) is 10.8. The summed E-state index contributed by atoms with van der Waals surface area (Å²) < 4.78 is 6.60. The summed E-state index contributed by atoms with van der Waals surface area (Å²) in [5.74, 6) is -1.83. The van der Waals surface area contributed by atoms with Gasteiger partial charge in [-0.25, -0.2) is 9.59 Å². The molecule has 0 saturated heterocycles. The minimum atomic E-state index is -0.824. The number of ether oxygens (including phenoxy) is 1. The van der Waals surface area contributed by atoms with Crippen molar-refractivity contribution in [2.75, 3.05) is 42.1 Å². The van der Waals surface area contributed by atoms with Gasteiger partial charge in [-0.2, -0.15) is 9.78 Å². The minimum absolute atomic E-state index is 0.153. The van der Waals surface area contributed by atoms with Gasteiger partial charge in [-0.3, -0.25) is 14.4 Å². The molecule has 3 aromatic carbocycles. The van der Waals surface area contributed by atoms with Crippen molar-refractivity contribution in [3.05, 3.63) is 113 Å². The number of para-hydroxylation sites is 1. The fourth-order valence-corrected chi connectivity index (χ4v) is 6.18. The highest BCUT2D eigenvalue weighted by Gasteiger charge is 2.27. The summed E-state index contributed by atoms with van der Waals surface area (Å²) in [7, 11) is 0. The maximum Gasteiger partial charge on any atom is 0.336 e. The molecule has 0 unspecified atom stereocenters. The molecule has 1 aliphatic heterocycles. The SMILES string of the molecule is CCN(CC)CCNC(=O)c1c(C)[nH]c(/C=C2\C(=O)Nc3ccc(OC(=O)/C=C\C(=O)n4ncc5ccc(NC(=O)Nc6ccccc6)cc54)cc32)c1C. The Morgan fingerprint density at radius 3 is 2.44 bits per heavy atom. The van der Waals surface area contributed by atoms with Gasteiger partial charge in [0.2, 0.25) is 0 Å². The number of likely N-dealkylation sites (N-methyl/N-ethyl adjacent to an activating group) is 1. The lowest BCUT2D eigenvalue weighted by atomic mass is 10.0. The molecule has 0 spiro atoms. The minimum Gasteiger partial charge on any atom is -0.423 e. The van der Waals surface area contributed by atoms with Gasteiger partial charge in [-0.05, 0) is 87.1 Å². The summed E-state index contributed by atoms with van der Waals surface area (Å²) in [6.07, 6.45) is 5.19. The first-order chi connectivity index (χ1) is 26.0. The van der Waals surface area contributed by atoms with Crippen molar-refractivity contribution in [3.63, 3.8) is 0 Å². The molecule has 54 heavy (non-hydrogen) atoms. The normalized spacial score (nSPS) is 13.0. The average Bonchev–Trinajstić information content (AvgIpc) is 3.81. The molecular weight excluding hydrogens is 688 g/mol. The van der Waals surface area contributed by atoms with Gasteiger partial charge in [0.05, 0.1) is 22.9 Å². The van der Waals surface area contributed by atoms with Gasteiger partial charge >= 0.3 is 12.0 Å². The van der Waals surface area contributed by atoms with Crippen molar-refractivity contribution in [1.29, 1.82) is 0 Å². The second-order valence-electron chi connectivity index (χ2n) is 12.5. The van der Waals surface area contributed by atoms with Crippen LogP contribution in [0.5, 0.6) is 5.75 Å². The zero-order valence-corrected chi connectivity index (χ0v) is 30.3. The van der Waals surface area contributed by atoms with Gasteiger partial charge in [0, 0.05) is 64.6 Å². The molecule has 0 saturated carbocycles. The van der Waals surface area contributed by atoms with Crippen molar-refractivity contribution in [2.45, 2.75) is 27.7 Å². The van der Waals surface area contributed by atoms with Gasteiger partial charge in [-0.15, -0.1) is 0 Å². The predicted molar refractivity (Wildman–Crippen MR) is 208 cm³/mol. The Hall–Kier alpha value is -6.80. The third-order valence-electron chi connectivity index (χ3n) is 9.02. The number of allylic oxidation sites excluding steroid dienone is 1. The number of rotatable bonds is 12. The standard InChI is InChI=1S/C40H40N8O6/c1-5-47(6-2)19-18-41-39(52)37-24(3)33(43-25(37)4)22-31-30-21-29(14-15-32(30)46-38(31)51)54-36(50)17-16-35(49)48-34-20-28(13-12-26(34)23-42-48)45-40(53)44-27-10-8-7-9-11-27/h7-17,20-23,43H,5-6,18-19H2,1-4H3,(H,41,52)(H,46,51)(H2,44,45,53)/b17-16-,31-22-. The average molecular weight is 729 g/mol. The Bertz CT molecular complexity index is 2320. The monoisotopic (exact) mass is 728 g/mol. The first kappa shape index (κ1) is 37.0. The van der Waals surface area contributed by atoms with Crippen LogP contribution in [0.25, 0.3) is 22.6 Å². The number of H-pyrrole nitrogens is 1. The van der Waals surface area contributed by atoms with Crippen LogP contribution in [0.15, 0.2) is 85.1 Å². The number of nitrogens with one attached hydrogen (secondary N) is 5. The number of fused-ring (bicyclic) bond motifs is 2. The Labute approximate surface area is 311 Å². The maximum absolute atomic E-state index is 13.1. The largest absolute Gasteiger partial charge is 0.423 e. The van der Waals surface area contributed by atoms with E-state index >= 15 is 0 Å². The fraction of sp³-hybridized carbons (Fsp3) is 0.200. The molecule has 0 aliphatic carbocycles. The van der Waals surface area contributed by atoms with E-state index in [0.29, 0.717) is 68.2 Å². The molecule has 4 amide bonds. The van der Waals surface area contributed by atoms with Crippen molar-refractivity contribution in [3.8, 4) is 5.75 Å². The number of aromatic nitrogens is 3. The highest BCUT2D eigenvalue weighted by atomic mass is 16.5. The van der Waals surface area contributed by atoms with E-state index in [1.54, 1.807) is 60.7 Å². The number of nitrogens with zero attached hydrogens (tertiary/aromatic N) is 3. The molecule has 14 nitrogen and oxygen atoms in total. The lowest BCUT2D eigenvalue weighted by Crippen LogP contribution is -2.35. The van der Waals surface area contributed by atoms with Crippen LogP contribution in [0.1, 0.15) is 51.5 Å². The molecule has 0 fully saturated rings. The van der Waals surface area contributed by atoms with E-state index in [-0.39, 0.29) is 17.6 Å². The van der Waals surface area contributed by atoms with Gasteiger partial charge in [0.25, 0.3) is 17.7 Å². The Morgan fingerprint density at radius 1 is 0.926 bits per heavy atom. The molecule has 5 aromatic rings. The number of carbonyl (C=O) groups is 5. The summed E-state index contributed by atoms with van der Waals surface area (Å²) in [6, 6.07) is 18.2. The number of anilines is 3. The van der Waals surface area contributed by atoms with E-state index in [9.17, 15) is 24.0 Å². The van der Waals surface area contributed by atoms with Crippen LogP contribution in [0.4, 0.5) is 21.9 Å². The summed E-state index contributed by atoms with van der Waals surface area (Å²) in [4.78, 5) is 69.9. The predicted octanol–water partition coefficient (Wildman–Crippen LogP) is 5.99. The summed E-state index contributed by atoms with van der Waals surface area (Å²) in [5.41, 5.74) is 5.33. The molecule has 14 heteroatoms. The van der Waals surface area contributed by atoms with E-state index in [0.717, 1.165) is 36.5 Å². The molecule has 0 bridgehead atoms. The number of urea groups is 1. The van der Waals surface area contributed by atoms with E-state index in [2.05, 4.69) is 50.1 Å². The van der Waals surface area contributed by atoms with Crippen LogP contribution in [0, 0.1) is 13.8 Å². The van der Waals surface area contributed by atoms with E-state index in [1.807, 2.05) is 19.9 Å². The molecule has 0 atom stereocenters. The zero-order chi connectivity index (χ0) is 38.4. The van der Waals surface area contributed by atoms with E-state index < -0.39 is 17.9 Å². The number of hydrogen-bond donors (Lipinski definition) is 5. The van der Waals surface area contributed by atoms with Crippen molar-refractivity contribution >= 4 is 69.3 Å². The second kappa shape index (κ2) is 16.3. The topological polar surface area (TPSA) is 180 Å². The Kier molecular flexibility index (Phi) is 11.1. The van der Waals surface area contributed by atoms with Gasteiger partial charge in [0.1, 0.15) is 5.75 Å². The number of aromatic amines is 1. The van der Waals surface area contributed by atoms with Gasteiger partial charge < -0.3 is 35.9 Å². The van der Waals surface area contributed by atoms with Gasteiger partial charge in [0.15, 0.2) is 0 Å². The second-order valence-corrected chi connectivity index (χ2v) is 12.5.